The van der Waals surface area contributed by atoms with Gasteiger partial charge in [0.15, 0.2) is 0 Å². The van der Waals surface area contributed by atoms with Crippen LogP contribution in [0.15, 0.2) is 24.4 Å². The van der Waals surface area contributed by atoms with Gasteiger partial charge in [0.05, 0.1) is 6.04 Å². The van der Waals surface area contributed by atoms with Crippen LogP contribution in [0.4, 0.5) is 0 Å². The molecule has 0 aliphatic carbocycles. The summed E-state index contributed by atoms with van der Waals surface area (Å²) in [6.45, 7) is 3.86. The summed E-state index contributed by atoms with van der Waals surface area (Å²) in [7, 11) is 0. The lowest BCUT2D eigenvalue weighted by molar-refractivity contribution is 0.337. The van der Waals surface area contributed by atoms with Crippen molar-refractivity contribution in [2.75, 3.05) is 13.1 Å². The molecule has 1 aliphatic heterocycles. The quantitative estimate of drug-likeness (QED) is 0.609. The normalized spacial score (nSPS) is 23.8. The second kappa shape index (κ2) is 3.42. The number of likely N-dealkylation sites (N-methyl/N-ethyl adjacent to an activating group) is 1. The average molecular weight is 138 g/mol. The molecule has 0 radical (unpaired) electrons. The van der Waals surface area contributed by atoms with E-state index in [0.717, 1.165) is 6.54 Å². The van der Waals surface area contributed by atoms with Gasteiger partial charge in [-0.05, 0) is 19.2 Å². The zero-order valence-corrected chi connectivity index (χ0v) is 6.33. The molecule has 2 nitrogen and oxygen atoms in total. The van der Waals surface area contributed by atoms with Crippen LogP contribution in [0.3, 0.4) is 0 Å². The first-order chi connectivity index (χ1) is 4.88. The third-order valence-electron chi connectivity index (χ3n) is 1.75. The largest absolute Gasteiger partial charge is 0.370 e. The summed E-state index contributed by atoms with van der Waals surface area (Å²) in [6.07, 6.45) is 8.29. The summed E-state index contributed by atoms with van der Waals surface area (Å²) >= 11 is 0. The van der Waals surface area contributed by atoms with Gasteiger partial charge in [-0.25, -0.2) is 0 Å². The van der Waals surface area contributed by atoms with Crippen molar-refractivity contribution in [1.29, 1.82) is 0 Å². The molecular formula is C8H14N2. The Hall–Kier alpha value is -0.760. The first kappa shape index (κ1) is 7.35. The fraction of sp³-hybridized carbons (Fsp3) is 0.500. The van der Waals surface area contributed by atoms with Crippen molar-refractivity contribution in [3.63, 3.8) is 0 Å². The topological polar surface area (TPSA) is 29.3 Å². The third kappa shape index (κ3) is 1.39. The van der Waals surface area contributed by atoms with E-state index in [1.54, 1.807) is 0 Å². The second-order valence-electron chi connectivity index (χ2n) is 2.36. The maximum atomic E-state index is 5.54. The lowest BCUT2D eigenvalue weighted by Crippen LogP contribution is -2.36. The molecular weight excluding hydrogens is 124 g/mol. The molecule has 0 spiro atoms. The van der Waals surface area contributed by atoms with Crippen LogP contribution in [0.2, 0.25) is 0 Å². The zero-order chi connectivity index (χ0) is 7.40. The molecule has 0 aromatic rings. The molecule has 1 aliphatic rings. The number of rotatable bonds is 2. The standard InChI is InChI=1S/C8H14N2/c1-2-10-6-4-3-5-8(10)7-9/h3-6,8H,2,7,9H2,1H3. The van der Waals surface area contributed by atoms with E-state index in [4.69, 9.17) is 5.73 Å². The number of allylic oxidation sites excluding steroid dienone is 2. The van der Waals surface area contributed by atoms with Gasteiger partial charge in [0.2, 0.25) is 0 Å². The van der Waals surface area contributed by atoms with Crippen LogP contribution in [-0.4, -0.2) is 24.0 Å². The highest BCUT2D eigenvalue weighted by atomic mass is 15.1. The van der Waals surface area contributed by atoms with E-state index in [-0.39, 0.29) is 0 Å². The molecule has 10 heavy (non-hydrogen) atoms. The van der Waals surface area contributed by atoms with E-state index in [9.17, 15) is 0 Å². The monoisotopic (exact) mass is 138 g/mol. The van der Waals surface area contributed by atoms with Gasteiger partial charge in [-0.15, -0.1) is 0 Å². The van der Waals surface area contributed by atoms with Crippen LogP contribution in [0.5, 0.6) is 0 Å². The first-order valence-corrected chi connectivity index (χ1v) is 3.69. The van der Waals surface area contributed by atoms with Crippen molar-refractivity contribution in [2.45, 2.75) is 13.0 Å². The summed E-state index contributed by atoms with van der Waals surface area (Å²) in [6, 6.07) is 0.412. The molecule has 2 N–H and O–H groups in total. The van der Waals surface area contributed by atoms with Crippen molar-refractivity contribution in [3.05, 3.63) is 24.4 Å². The predicted octanol–water partition coefficient (Wildman–Crippen LogP) is 0.719. The minimum absolute atomic E-state index is 0.412. The molecule has 1 atom stereocenters. The van der Waals surface area contributed by atoms with Gasteiger partial charge in [-0.3, -0.25) is 0 Å². The summed E-state index contributed by atoms with van der Waals surface area (Å²) in [5, 5.41) is 0. The van der Waals surface area contributed by atoms with Gasteiger partial charge in [0.25, 0.3) is 0 Å². The lowest BCUT2D eigenvalue weighted by Gasteiger charge is -2.27. The maximum absolute atomic E-state index is 5.54. The van der Waals surface area contributed by atoms with E-state index >= 15 is 0 Å². The van der Waals surface area contributed by atoms with Crippen molar-refractivity contribution >= 4 is 0 Å². The first-order valence-electron chi connectivity index (χ1n) is 3.69. The minimum Gasteiger partial charge on any atom is -0.370 e. The Morgan fingerprint density at radius 1 is 1.50 bits per heavy atom. The number of hydrogen-bond acceptors (Lipinski definition) is 2. The Labute approximate surface area is 62.0 Å². The molecule has 1 unspecified atom stereocenters. The smallest absolute Gasteiger partial charge is 0.0593 e. The van der Waals surface area contributed by atoms with Gasteiger partial charge in [-0.1, -0.05) is 12.2 Å². The van der Waals surface area contributed by atoms with Crippen LogP contribution < -0.4 is 5.73 Å². The molecule has 56 valence electrons. The SMILES string of the molecule is CCN1C=CC=CC1CN. The Kier molecular flexibility index (Phi) is 2.51. The zero-order valence-electron chi connectivity index (χ0n) is 6.33. The maximum Gasteiger partial charge on any atom is 0.0593 e. The van der Waals surface area contributed by atoms with E-state index < -0.39 is 0 Å². The lowest BCUT2D eigenvalue weighted by atomic mass is 10.2. The van der Waals surface area contributed by atoms with Crippen LogP contribution in [-0.2, 0) is 0 Å². The average Bonchev–Trinajstić information content (AvgIpc) is 2.04. The van der Waals surface area contributed by atoms with Crippen LogP contribution in [0, 0.1) is 0 Å². The molecule has 0 saturated heterocycles. The highest BCUT2D eigenvalue weighted by molar-refractivity contribution is 5.13. The third-order valence-corrected chi connectivity index (χ3v) is 1.75. The Morgan fingerprint density at radius 3 is 2.80 bits per heavy atom. The molecule has 0 aromatic heterocycles. The van der Waals surface area contributed by atoms with Crippen molar-refractivity contribution in [2.24, 2.45) is 5.73 Å². The van der Waals surface area contributed by atoms with Gasteiger partial charge in [0, 0.05) is 13.1 Å². The number of nitrogens with zero attached hydrogens (tertiary/aromatic N) is 1. The second-order valence-corrected chi connectivity index (χ2v) is 2.36. The fourth-order valence-corrected chi connectivity index (χ4v) is 1.13. The summed E-state index contributed by atoms with van der Waals surface area (Å²) in [4.78, 5) is 2.22. The molecule has 1 rings (SSSR count). The molecule has 0 bridgehead atoms. The molecule has 0 saturated carbocycles. The van der Waals surface area contributed by atoms with E-state index in [1.807, 2.05) is 12.2 Å². The van der Waals surface area contributed by atoms with Crippen LogP contribution in [0.1, 0.15) is 6.92 Å². The highest BCUT2D eigenvalue weighted by Crippen LogP contribution is 2.05. The predicted molar refractivity (Wildman–Crippen MR) is 43.5 cm³/mol. The highest BCUT2D eigenvalue weighted by Gasteiger charge is 2.08. The van der Waals surface area contributed by atoms with Crippen molar-refractivity contribution < 1.29 is 0 Å². The van der Waals surface area contributed by atoms with E-state index in [0.29, 0.717) is 12.6 Å². The van der Waals surface area contributed by atoms with Gasteiger partial charge in [-0.2, -0.15) is 0 Å². The summed E-state index contributed by atoms with van der Waals surface area (Å²) in [5.74, 6) is 0. The van der Waals surface area contributed by atoms with Crippen LogP contribution >= 0.6 is 0 Å². The molecule has 0 amide bonds. The van der Waals surface area contributed by atoms with Gasteiger partial charge in [0.1, 0.15) is 0 Å². The number of nitrogens with two attached hydrogens (primary N) is 1. The summed E-state index contributed by atoms with van der Waals surface area (Å²) < 4.78 is 0. The molecule has 0 fully saturated rings. The number of hydrogen-bond donors (Lipinski definition) is 1. The van der Waals surface area contributed by atoms with Crippen molar-refractivity contribution in [1.82, 2.24) is 4.90 Å². The Bertz CT molecular complexity index is 131. The molecule has 2 heteroatoms. The molecule has 1 heterocycles. The van der Waals surface area contributed by atoms with E-state index in [1.165, 1.54) is 0 Å². The Balaban J connectivity index is 2.55. The summed E-state index contributed by atoms with van der Waals surface area (Å²) in [5.41, 5.74) is 5.54. The van der Waals surface area contributed by atoms with Crippen molar-refractivity contribution in [3.8, 4) is 0 Å². The Morgan fingerprint density at radius 2 is 2.30 bits per heavy atom. The van der Waals surface area contributed by atoms with Gasteiger partial charge >= 0.3 is 0 Å². The van der Waals surface area contributed by atoms with E-state index in [2.05, 4.69) is 24.1 Å². The van der Waals surface area contributed by atoms with Gasteiger partial charge < -0.3 is 10.6 Å². The minimum atomic E-state index is 0.412. The fourth-order valence-electron chi connectivity index (χ4n) is 1.13. The van der Waals surface area contributed by atoms with Crippen LogP contribution in [0.25, 0.3) is 0 Å². The molecule has 0 aromatic carbocycles.